The lowest BCUT2D eigenvalue weighted by Gasteiger charge is -2.40. The van der Waals surface area contributed by atoms with Gasteiger partial charge in [-0.1, -0.05) is 38.1 Å². The summed E-state index contributed by atoms with van der Waals surface area (Å²) in [7, 11) is 0. The number of carbonyl (C=O) groups is 2. The van der Waals surface area contributed by atoms with Crippen LogP contribution in [0.5, 0.6) is 0 Å². The van der Waals surface area contributed by atoms with Gasteiger partial charge in [-0.05, 0) is 50.7 Å². The van der Waals surface area contributed by atoms with E-state index in [4.69, 9.17) is 4.74 Å². The van der Waals surface area contributed by atoms with Crippen LogP contribution < -0.4 is 0 Å². The highest BCUT2D eigenvalue weighted by Gasteiger charge is 2.45. The third-order valence-corrected chi connectivity index (χ3v) is 4.78. The van der Waals surface area contributed by atoms with E-state index in [0.717, 1.165) is 11.1 Å². The number of likely N-dealkylation sites (tertiary alicyclic amines) is 1. The van der Waals surface area contributed by atoms with E-state index in [1.54, 1.807) is 4.90 Å². The summed E-state index contributed by atoms with van der Waals surface area (Å²) in [4.78, 5) is 26.1. The van der Waals surface area contributed by atoms with Crippen molar-refractivity contribution in [2.75, 3.05) is 13.1 Å². The Kier molecular flexibility index (Phi) is 5.45. The molecule has 1 amide bonds. The number of rotatable bonds is 3. The standard InChI is InChI=1S/C20H29NO4/c1-14(2)15-8-6-7-9-16(15)20(17(22)23)10-12-21(13-11-20)18(24)25-19(3,4)5/h6-9,14H,10-13H2,1-5H3,(H,22,23). The van der Waals surface area contributed by atoms with Crippen molar-refractivity contribution in [2.24, 2.45) is 0 Å². The van der Waals surface area contributed by atoms with Crippen molar-refractivity contribution in [1.82, 2.24) is 4.90 Å². The topological polar surface area (TPSA) is 66.8 Å². The maximum atomic E-state index is 12.3. The molecule has 1 aliphatic heterocycles. The first-order chi connectivity index (χ1) is 11.6. The lowest BCUT2D eigenvalue weighted by molar-refractivity contribution is -0.146. The van der Waals surface area contributed by atoms with Gasteiger partial charge in [-0.3, -0.25) is 4.79 Å². The molecule has 5 nitrogen and oxygen atoms in total. The van der Waals surface area contributed by atoms with Crippen molar-refractivity contribution in [3.63, 3.8) is 0 Å². The Bertz CT molecular complexity index is 637. The van der Waals surface area contributed by atoms with Crippen LogP contribution in [0.3, 0.4) is 0 Å². The highest BCUT2D eigenvalue weighted by atomic mass is 16.6. The van der Waals surface area contributed by atoms with E-state index in [-0.39, 0.29) is 12.0 Å². The zero-order valence-electron chi connectivity index (χ0n) is 15.8. The monoisotopic (exact) mass is 347 g/mol. The van der Waals surface area contributed by atoms with Gasteiger partial charge in [-0.2, -0.15) is 0 Å². The van der Waals surface area contributed by atoms with Gasteiger partial charge in [0.1, 0.15) is 5.60 Å². The minimum absolute atomic E-state index is 0.247. The molecule has 138 valence electrons. The number of piperidine rings is 1. The summed E-state index contributed by atoms with van der Waals surface area (Å²) >= 11 is 0. The minimum atomic E-state index is -0.945. The summed E-state index contributed by atoms with van der Waals surface area (Å²) in [6.45, 7) is 10.4. The molecule has 1 aromatic rings. The SMILES string of the molecule is CC(C)c1ccccc1C1(C(=O)O)CCN(C(=O)OC(C)(C)C)CC1. The molecule has 0 unspecified atom stereocenters. The maximum Gasteiger partial charge on any atom is 0.410 e. The molecule has 0 spiro atoms. The molecule has 0 bridgehead atoms. The van der Waals surface area contributed by atoms with E-state index < -0.39 is 17.0 Å². The van der Waals surface area contributed by atoms with Gasteiger partial charge in [0, 0.05) is 13.1 Å². The molecule has 5 heteroatoms. The highest BCUT2D eigenvalue weighted by Crippen LogP contribution is 2.40. The molecule has 1 aromatic carbocycles. The molecule has 2 rings (SSSR count). The van der Waals surface area contributed by atoms with Crippen LogP contribution in [0.25, 0.3) is 0 Å². The van der Waals surface area contributed by atoms with Gasteiger partial charge in [0.2, 0.25) is 0 Å². The van der Waals surface area contributed by atoms with Crippen LogP contribution in [0.4, 0.5) is 4.79 Å². The van der Waals surface area contributed by atoms with E-state index in [2.05, 4.69) is 13.8 Å². The Morgan fingerprint density at radius 3 is 2.20 bits per heavy atom. The molecule has 25 heavy (non-hydrogen) atoms. The number of carboxylic acids is 1. The summed E-state index contributed by atoms with van der Waals surface area (Å²) in [5, 5.41) is 10.0. The first-order valence-corrected chi connectivity index (χ1v) is 8.87. The van der Waals surface area contributed by atoms with E-state index in [1.807, 2.05) is 45.0 Å². The van der Waals surface area contributed by atoms with Crippen molar-refractivity contribution in [1.29, 1.82) is 0 Å². The zero-order valence-corrected chi connectivity index (χ0v) is 15.8. The van der Waals surface area contributed by atoms with Crippen molar-refractivity contribution >= 4 is 12.1 Å². The molecular formula is C20H29NO4. The van der Waals surface area contributed by atoms with Crippen LogP contribution in [-0.2, 0) is 14.9 Å². The molecule has 1 fully saturated rings. The lowest BCUT2D eigenvalue weighted by Crippen LogP contribution is -2.50. The Morgan fingerprint density at radius 2 is 1.72 bits per heavy atom. The second kappa shape index (κ2) is 7.06. The summed E-state index contributed by atoms with van der Waals surface area (Å²) in [6.07, 6.45) is 0.417. The zero-order chi connectivity index (χ0) is 18.8. The number of carbonyl (C=O) groups excluding carboxylic acids is 1. The molecule has 0 saturated carbocycles. The summed E-state index contributed by atoms with van der Waals surface area (Å²) in [6, 6.07) is 7.77. The van der Waals surface area contributed by atoms with Crippen molar-refractivity contribution in [2.45, 2.75) is 64.4 Å². The van der Waals surface area contributed by atoms with Crippen LogP contribution in [0.1, 0.15) is 64.5 Å². The summed E-state index contributed by atoms with van der Waals surface area (Å²) in [5.41, 5.74) is 0.444. The van der Waals surface area contributed by atoms with Gasteiger partial charge in [0.05, 0.1) is 5.41 Å². The van der Waals surface area contributed by atoms with Crippen molar-refractivity contribution in [3.8, 4) is 0 Å². The largest absolute Gasteiger partial charge is 0.481 e. The fraction of sp³-hybridized carbons (Fsp3) is 0.600. The Morgan fingerprint density at radius 1 is 1.16 bits per heavy atom. The van der Waals surface area contributed by atoms with Gasteiger partial charge in [0.25, 0.3) is 0 Å². The Hall–Kier alpha value is -2.04. The normalized spacial score (nSPS) is 17.4. The van der Waals surface area contributed by atoms with Crippen LogP contribution in [0.2, 0.25) is 0 Å². The predicted octanol–water partition coefficient (Wildman–Crippen LogP) is 4.16. The Labute approximate surface area is 150 Å². The third-order valence-electron chi connectivity index (χ3n) is 4.78. The smallest absolute Gasteiger partial charge is 0.410 e. The average Bonchev–Trinajstić information content (AvgIpc) is 2.53. The van der Waals surface area contributed by atoms with Gasteiger partial charge in [-0.15, -0.1) is 0 Å². The second-order valence-electron chi connectivity index (χ2n) is 8.10. The van der Waals surface area contributed by atoms with E-state index >= 15 is 0 Å². The fourth-order valence-electron chi connectivity index (χ4n) is 3.43. The molecule has 1 N–H and O–H groups in total. The lowest BCUT2D eigenvalue weighted by atomic mass is 9.70. The van der Waals surface area contributed by atoms with E-state index in [1.165, 1.54) is 0 Å². The molecule has 0 aliphatic carbocycles. The van der Waals surface area contributed by atoms with Crippen LogP contribution >= 0.6 is 0 Å². The third kappa shape index (κ3) is 4.14. The number of nitrogens with zero attached hydrogens (tertiary/aromatic N) is 1. The molecule has 1 saturated heterocycles. The number of amides is 1. The number of hydrogen-bond donors (Lipinski definition) is 1. The van der Waals surface area contributed by atoms with Crippen LogP contribution in [0, 0.1) is 0 Å². The van der Waals surface area contributed by atoms with E-state index in [9.17, 15) is 14.7 Å². The van der Waals surface area contributed by atoms with Gasteiger partial charge in [-0.25, -0.2) is 4.79 Å². The number of carboxylic acid groups (broad SMARTS) is 1. The number of aliphatic carboxylic acids is 1. The fourth-order valence-corrected chi connectivity index (χ4v) is 3.43. The number of ether oxygens (including phenoxy) is 1. The van der Waals surface area contributed by atoms with E-state index in [0.29, 0.717) is 25.9 Å². The minimum Gasteiger partial charge on any atom is -0.481 e. The van der Waals surface area contributed by atoms with Crippen LogP contribution in [0.15, 0.2) is 24.3 Å². The molecule has 0 aromatic heterocycles. The maximum absolute atomic E-state index is 12.3. The van der Waals surface area contributed by atoms with Crippen molar-refractivity contribution < 1.29 is 19.4 Å². The quantitative estimate of drug-likeness (QED) is 0.891. The summed E-state index contributed by atoms with van der Waals surface area (Å²) in [5.74, 6) is -0.569. The molecule has 1 heterocycles. The Balaban J connectivity index is 2.26. The second-order valence-corrected chi connectivity index (χ2v) is 8.10. The number of benzene rings is 1. The molecule has 0 atom stereocenters. The van der Waals surface area contributed by atoms with Crippen molar-refractivity contribution in [3.05, 3.63) is 35.4 Å². The molecule has 1 aliphatic rings. The number of hydrogen-bond acceptors (Lipinski definition) is 3. The first kappa shape index (κ1) is 19.3. The van der Waals surface area contributed by atoms with Gasteiger partial charge in [0.15, 0.2) is 0 Å². The average molecular weight is 347 g/mol. The highest BCUT2D eigenvalue weighted by molar-refractivity contribution is 5.83. The molecular weight excluding hydrogens is 318 g/mol. The summed E-state index contributed by atoms with van der Waals surface area (Å²) < 4.78 is 5.41. The predicted molar refractivity (Wildman–Crippen MR) is 96.9 cm³/mol. The van der Waals surface area contributed by atoms with Gasteiger partial charge < -0.3 is 14.7 Å². The van der Waals surface area contributed by atoms with Gasteiger partial charge >= 0.3 is 12.1 Å². The molecule has 0 radical (unpaired) electrons. The first-order valence-electron chi connectivity index (χ1n) is 8.87. The van der Waals surface area contributed by atoms with Crippen LogP contribution in [-0.4, -0.2) is 40.8 Å².